The summed E-state index contributed by atoms with van der Waals surface area (Å²) in [5.74, 6) is 1.24. The molecule has 1 aromatic carbocycles. The Hall–Kier alpha value is -1.39. The minimum absolute atomic E-state index is 0.188. The molecule has 2 aromatic rings. The Kier molecular flexibility index (Phi) is 3.76. The Morgan fingerprint density at radius 1 is 1.47 bits per heavy atom. The highest BCUT2D eigenvalue weighted by atomic mass is 35.5. The average Bonchev–Trinajstić information content (AvgIpc) is 2.72. The molecule has 0 saturated carbocycles. The van der Waals surface area contributed by atoms with Crippen LogP contribution in [-0.2, 0) is 6.54 Å². The van der Waals surface area contributed by atoms with Crippen LogP contribution in [0.25, 0.3) is 0 Å². The molecular formula is C12H14ClN3O. The average molecular weight is 252 g/mol. The highest BCUT2D eigenvalue weighted by Crippen LogP contribution is 2.17. The van der Waals surface area contributed by atoms with E-state index in [0.29, 0.717) is 18.3 Å². The summed E-state index contributed by atoms with van der Waals surface area (Å²) in [5.41, 5.74) is 1.14. The maximum Gasteiger partial charge on any atom is 0.223 e. The summed E-state index contributed by atoms with van der Waals surface area (Å²) in [4.78, 5) is 4.13. The molecule has 1 heterocycles. The van der Waals surface area contributed by atoms with Crippen molar-refractivity contribution in [3.8, 4) is 0 Å². The zero-order valence-electron chi connectivity index (χ0n) is 9.77. The van der Waals surface area contributed by atoms with E-state index in [1.54, 1.807) is 6.92 Å². The second kappa shape index (κ2) is 5.29. The highest BCUT2D eigenvalue weighted by Gasteiger charge is 2.07. The molecule has 0 aliphatic heterocycles. The van der Waals surface area contributed by atoms with Crippen molar-refractivity contribution in [2.45, 2.75) is 26.4 Å². The van der Waals surface area contributed by atoms with E-state index in [0.717, 1.165) is 10.6 Å². The molecule has 4 nitrogen and oxygen atoms in total. The van der Waals surface area contributed by atoms with Gasteiger partial charge in [0.25, 0.3) is 0 Å². The van der Waals surface area contributed by atoms with Crippen LogP contribution in [0.2, 0.25) is 5.02 Å². The van der Waals surface area contributed by atoms with Gasteiger partial charge in [-0.15, -0.1) is 0 Å². The third kappa shape index (κ3) is 3.28. The van der Waals surface area contributed by atoms with Crippen molar-refractivity contribution in [3.63, 3.8) is 0 Å². The largest absolute Gasteiger partial charge is 0.340 e. The predicted molar refractivity (Wildman–Crippen MR) is 65.7 cm³/mol. The van der Waals surface area contributed by atoms with Crippen LogP contribution < -0.4 is 5.32 Å². The Bertz CT molecular complexity index is 498. The summed E-state index contributed by atoms with van der Waals surface area (Å²) < 4.78 is 4.90. The van der Waals surface area contributed by atoms with Crippen molar-refractivity contribution in [1.82, 2.24) is 15.5 Å². The number of halogens is 1. The van der Waals surface area contributed by atoms with Gasteiger partial charge in [0.05, 0.1) is 6.54 Å². The van der Waals surface area contributed by atoms with Gasteiger partial charge in [0.1, 0.15) is 0 Å². The number of aromatic nitrogens is 2. The van der Waals surface area contributed by atoms with Crippen LogP contribution in [0, 0.1) is 6.92 Å². The molecular weight excluding hydrogens is 238 g/mol. The summed E-state index contributed by atoms with van der Waals surface area (Å²) in [6, 6.07) is 7.97. The van der Waals surface area contributed by atoms with Gasteiger partial charge in [-0.2, -0.15) is 4.98 Å². The van der Waals surface area contributed by atoms with Gasteiger partial charge in [0.15, 0.2) is 5.82 Å². The fraction of sp³-hybridized carbons (Fsp3) is 0.333. The SMILES string of the molecule is Cc1nc(CNC(C)c2cccc(Cl)c2)no1. The Morgan fingerprint density at radius 2 is 2.29 bits per heavy atom. The van der Waals surface area contributed by atoms with Crippen LogP contribution in [-0.4, -0.2) is 10.1 Å². The molecule has 90 valence electrons. The zero-order valence-corrected chi connectivity index (χ0v) is 10.5. The number of nitrogens with zero attached hydrogens (tertiary/aromatic N) is 2. The Balaban J connectivity index is 1.95. The summed E-state index contributed by atoms with van der Waals surface area (Å²) in [6.07, 6.45) is 0. The second-order valence-corrected chi connectivity index (χ2v) is 4.32. The summed E-state index contributed by atoms with van der Waals surface area (Å²) in [6.45, 7) is 4.42. The number of nitrogens with one attached hydrogen (secondary N) is 1. The van der Waals surface area contributed by atoms with E-state index in [2.05, 4.69) is 22.4 Å². The van der Waals surface area contributed by atoms with Crippen LogP contribution in [0.5, 0.6) is 0 Å². The minimum Gasteiger partial charge on any atom is -0.340 e. The number of benzene rings is 1. The molecule has 0 radical (unpaired) electrons. The highest BCUT2D eigenvalue weighted by molar-refractivity contribution is 6.30. The molecule has 0 amide bonds. The van der Waals surface area contributed by atoms with Crippen molar-refractivity contribution in [3.05, 3.63) is 46.6 Å². The lowest BCUT2D eigenvalue weighted by Gasteiger charge is -2.12. The number of aryl methyl sites for hydroxylation is 1. The summed E-state index contributed by atoms with van der Waals surface area (Å²) >= 11 is 5.94. The monoisotopic (exact) mass is 251 g/mol. The lowest BCUT2D eigenvalue weighted by Crippen LogP contribution is -2.18. The smallest absolute Gasteiger partial charge is 0.223 e. The Morgan fingerprint density at radius 3 is 2.94 bits per heavy atom. The van der Waals surface area contributed by atoms with E-state index in [1.807, 2.05) is 24.3 Å². The van der Waals surface area contributed by atoms with Crippen LogP contribution in [0.3, 0.4) is 0 Å². The standard InChI is InChI=1S/C12H14ClN3O/c1-8(10-4-3-5-11(13)6-10)14-7-12-15-9(2)17-16-12/h3-6,8,14H,7H2,1-2H3. The molecule has 17 heavy (non-hydrogen) atoms. The van der Waals surface area contributed by atoms with Crippen molar-refractivity contribution < 1.29 is 4.52 Å². The van der Waals surface area contributed by atoms with Gasteiger partial charge in [-0.3, -0.25) is 0 Å². The molecule has 0 fully saturated rings. The first-order valence-corrected chi connectivity index (χ1v) is 5.81. The topological polar surface area (TPSA) is 51.0 Å². The lowest BCUT2D eigenvalue weighted by molar-refractivity contribution is 0.384. The number of rotatable bonds is 4. The van der Waals surface area contributed by atoms with Crippen LogP contribution in [0.4, 0.5) is 0 Å². The molecule has 1 N–H and O–H groups in total. The van der Waals surface area contributed by atoms with Crippen molar-refractivity contribution >= 4 is 11.6 Å². The Labute approximate surface area is 105 Å². The normalized spacial score (nSPS) is 12.6. The van der Waals surface area contributed by atoms with Crippen LogP contribution >= 0.6 is 11.6 Å². The first-order valence-electron chi connectivity index (χ1n) is 5.43. The van der Waals surface area contributed by atoms with Crippen molar-refractivity contribution in [1.29, 1.82) is 0 Å². The number of hydrogen-bond acceptors (Lipinski definition) is 4. The summed E-state index contributed by atoms with van der Waals surface area (Å²) in [5, 5.41) is 7.88. The molecule has 0 aliphatic carbocycles. The number of hydrogen-bond donors (Lipinski definition) is 1. The predicted octanol–water partition coefficient (Wildman–Crippen LogP) is 2.88. The van der Waals surface area contributed by atoms with Crippen LogP contribution in [0.15, 0.2) is 28.8 Å². The maximum absolute atomic E-state index is 5.94. The maximum atomic E-state index is 5.94. The van der Waals surface area contributed by atoms with Gasteiger partial charge >= 0.3 is 0 Å². The van der Waals surface area contributed by atoms with Gasteiger partial charge in [-0.25, -0.2) is 0 Å². The fourth-order valence-electron chi connectivity index (χ4n) is 1.55. The van der Waals surface area contributed by atoms with Gasteiger partial charge in [0, 0.05) is 18.0 Å². The van der Waals surface area contributed by atoms with Crippen molar-refractivity contribution in [2.75, 3.05) is 0 Å². The van der Waals surface area contributed by atoms with Gasteiger partial charge < -0.3 is 9.84 Å². The molecule has 0 saturated heterocycles. The third-order valence-corrected chi connectivity index (χ3v) is 2.72. The molecule has 5 heteroatoms. The molecule has 0 bridgehead atoms. The summed E-state index contributed by atoms with van der Waals surface area (Å²) in [7, 11) is 0. The van der Waals surface area contributed by atoms with E-state index >= 15 is 0 Å². The first-order chi connectivity index (χ1) is 8.15. The minimum atomic E-state index is 0.188. The van der Waals surface area contributed by atoms with E-state index in [-0.39, 0.29) is 6.04 Å². The van der Waals surface area contributed by atoms with Gasteiger partial charge in [-0.1, -0.05) is 28.9 Å². The molecule has 0 spiro atoms. The zero-order chi connectivity index (χ0) is 12.3. The van der Waals surface area contributed by atoms with Crippen molar-refractivity contribution in [2.24, 2.45) is 0 Å². The van der Waals surface area contributed by atoms with Gasteiger partial charge in [0.2, 0.25) is 5.89 Å². The second-order valence-electron chi connectivity index (χ2n) is 3.89. The molecule has 1 atom stereocenters. The quantitative estimate of drug-likeness (QED) is 0.908. The van der Waals surface area contributed by atoms with E-state index in [9.17, 15) is 0 Å². The lowest BCUT2D eigenvalue weighted by atomic mass is 10.1. The van der Waals surface area contributed by atoms with Crippen LogP contribution in [0.1, 0.15) is 30.2 Å². The molecule has 1 unspecified atom stereocenters. The van der Waals surface area contributed by atoms with E-state index < -0.39 is 0 Å². The third-order valence-electron chi connectivity index (χ3n) is 2.48. The molecule has 0 aliphatic rings. The van der Waals surface area contributed by atoms with E-state index in [1.165, 1.54) is 0 Å². The molecule has 1 aromatic heterocycles. The first kappa shape index (κ1) is 12.1. The molecule has 2 rings (SSSR count). The van der Waals surface area contributed by atoms with E-state index in [4.69, 9.17) is 16.1 Å². The van der Waals surface area contributed by atoms with Gasteiger partial charge in [-0.05, 0) is 24.6 Å². The fourth-order valence-corrected chi connectivity index (χ4v) is 1.75.